The Morgan fingerprint density at radius 2 is 2.35 bits per heavy atom. The molecule has 92 valence electrons. The topological polar surface area (TPSA) is 76.7 Å². The van der Waals surface area contributed by atoms with Crippen LogP contribution in [0.5, 0.6) is 0 Å². The summed E-state index contributed by atoms with van der Waals surface area (Å²) in [7, 11) is 0. The van der Waals surface area contributed by atoms with Crippen LogP contribution in [0.2, 0.25) is 0 Å². The molecular formula is C10H15N5S2. The van der Waals surface area contributed by atoms with E-state index in [0.29, 0.717) is 0 Å². The lowest BCUT2D eigenvalue weighted by Crippen LogP contribution is -2.29. The Balaban J connectivity index is 2.16. The summed E-state index contributed by atoms with van der Waals surface area (Å²) in [5.74, 6) is 5.62. The van der Waals surface area contributed by atoms with Crippen molar-refractivity contribution in [3.63, 3.8) is 0 Å². The smallest absolute Gasteiger partial charge is 0.0897 e. The van der Waals surface area contributed by atoms with Crippen LogP contribution >= 0.6 is 22.9 Å². The normalized spacial score (nSPS) is 12.9. The largest absolute Gasteiger partial charge is 0.271 e. The van der Waals surface area contributed by atoms with Crippen molar-refractivity contribution in [2.24, 2.45) is 5.84 Å². The van der Waals surface area contributed by atoms with Crippen LogP contribution in [0, 0.1) is 6.92 Å². The van der Waals surface area contributed by atoms with E-state index in [0.717, 1.165) is 34.1 Å². The zero-order valence-corrected chi connectivity index (χ0v) is 11.4. The number of aryl methyl sites for hydroxylation is 2. The van der Waals surface area contributed by atoms with E-state index in [1.807, 2.05) is 6.92 Å². The van der Waals surface area contributed by atoms with Gasteiger partial charge < -0.3 is 0 Å². The molecule has 2 aromatic rings. The van der Waals surface area contributed by atoms with Crippen LogP contribution in [0.25, 0.3) is 0 Å². The molecule has 0 aliphatic rings. The Bertz CT molecular complexity index is 479. The lowest BCUT2D eigenvalue weighted by molar-refractivity contribution is 0.550. The van der Waals surface area contributed by atoms with Gasteiger partial charge in [-0.05, 0) is 24.9 Å². The molecule has 0 aliphatic carbocycles. The summed E-state index contributed by atoms with van der Waals surface area (Å²) in [5, 5.41) is 7.25. The third kappa shape index (κ3) is 2.86. The molecule has 1 atom stereocenters. The highest BCUT2D eigenvalue weighted by Gasteiger charge is 2.18. The van der Waals surface area contributed by atoms with Gasteiger partial charge in [0.1, 0.15) is 0 Å². The fraction of sp³-hybridized carbons (Fsp3) is 0.500. The van der Waals surface area contributed by atoms with E-state index in [1.165, 1.54) is 11.5 Å². The number of thiazole rings is 1. The van der Waals surface area contributed by atoms with Crippen molar-refractivity contribution in [3.8, 4) is 0 Å². The molecule has 5 nitrogen and oxygen atoms in total. The summed E-state index contributed by atoms with van der Waals surface area (Å²) in [6.07, 6.45) is 1.65. The van der Waals surface area contributed by atoms with Gasteiger partial charge in [-0.2, -0.15) is 0 Å². The van der Waals surface area contributed by atoms with Crippen LogP contribution in [0.4, 0.5) is 0 Å². The minimum Gasteiger partial charge on any atom is -0.271 e. The van der Waals surface area contributed by atoms with E-state index in [4.69, 9.17) is 5.84 Å². The van der Waals surface area contributed by atoms with Gasteiger partial charge in [-0.15, -0.1) is 16.4 Å². The first-order chi connectivity index (χ1) is 8.24. The maximum Gasteiger partial charge on any atom is 0.0897 e. The van der Waals surface area contributed by atoms with Crippen LogP contribution in [0.15, 0.2) is 5.38 Å². The van der Waals surface area contributed by atoms with Crippen LogP contribution in [0.1, 0.15) is 34.2 Å². The quantitative estimate of drug-likeness (QED) is 0.637. The first-order valence-corrected chi connectivity index (χ1v) is 7.08. The maximum absolute atomic E-state index is 5.62. The molecule has 2 aromatic heterocycles. The number of aromatic nitrogens is 3. The van der Waals surface area contributed by atoms with E-state index in [9.17, 15) is 0 Å². The molecule has 2 heterocycles. The van der Waals surface area contributed by atoms with Gasteiger partial charge in [0.15, 0.2) is 0 Å². The predicted octanol–water partition coefficient (Wildman–Crippen LogP) is 1.61. The number of nitrogens with one attached hydrogen (secondary N) is 1. The molecule has 0 aliphatic heterocycles. The maximum atomic E-state index is 5.62. The molecule has 0 saturated carbocycles. The van der Waals surface area contributed by atoms with Gasteiger partial charge in [0.05, 0.1) is 27.3 Å². The predicted molar refractivity (Wildman–Crippen MR) is 69.9 cm³/mol. The molecule has 7 heteroatoms. The van der Waals surface area contributed by atoms with Crippen molar-refractivity contribution in [1.82, 2.24) is 20.0 Å². The number of hydrogen-bond donors (Lipinski definition) is 2. The molecule has 0 radical (unpaired) electrons. The highest BCUT2D eigenvalue weighted by atomic mass is 32.1. The molecular weight excluding hydrogens is 254 g/mol. The number of hydrogen-bond acceptors (Lipinski definition) is 7. The molecule has 2 rings (SSSR count). The van der Waals surface area contributed by atoms with E-state index < -0.39 is 0 Å². The minimum absolute atomic E-state index is 0.0476. The average Bonchev–Trinajstić information content (AvgIpc) is 2.94. The monoisotopic (exact) mass is 269 g/mol. The number of nitrogens with two attached hydrogens (primary N) is 1. The van der Waals surface area contributed by atoms with Gasteiger partial charge in [0, 0.05) is 11.8 Å². The lowest BCUT2D eigenvalue weighted by atomic mass is 10.1. The highest BCUT2D eigenvalue weighted by Crippen LogP contribution is 2.24. The van der Waals surface area contributed by atoms with Crippen molar-refractivity contribution in [2.75, 3.05) is 0 Å². The van der Waals surface area contributed by atoms with E-state index in [-0.39, 0.29) is 6.04 Å². The Kier molecular flexibility index (Phi) is 4.16. The first-order valence-electron chi connectivity index (χ1n) is 5.42. The Labute approximate surface area is 108 Å². The molecule has 0 saturated heterocycles. The Hall–Kier alpha value is -0.890. The Morgan fingerprint density at radius 3 is 2.94 bits per heavy atom. The molecule has 17 heavy (non-hydrogen) atoms. The Morgan fingerprint density at radius 1 is 1.53 bits per heavy atom. The van der Waals surface area contributed by atoms with Crippen molar-refractivity contribution >= 4 is 22.9 Å². The fourth-order valence-electron chi connectivity index (χ4n) is 1.66. The van der Waals surface area contributed by atoms with Crippen LogP contribution < -0.4 is 11.3 Å². The third-order valence-electron chi connectivity index (χ3n) is 2.52. The number of nitrogens with zero attached hydrogens (tertiary/aromatic N) is 3. The second kappa shape index (κ2) is 5.63. The van der Waals surface area contributed by atoms with Gasteiger partial charge in [-0.25, -0.2) is 4.98 Å². The summed E-state index contributed by atoms with van der Waals surface area (Å²) in [4.78, 5) is 5.56. The molecule has 0 spiro atoms. The van der Waals surface area contributed by atoms with Crippen molar-refractivity contribution < 1.29 is 0 Å². The average molecular weight is 269 g/mol. The zero-order valence-electron chi connectivity index (χ0n) is 9.80. The van der Waals surface area contributed by atoms with E-state index >= 15 is 0 Å². The standard InChI is InChI=1S/C10H15N5S2/c1-3-8-10(17-15-14-8)9(13-11)4-7-5-16-6(2)12-7/h5,9,13H,3-4,11H2,1-2H3. The molecule has 3 N–H and O–H groups in total. The number of hydrazine groups is 1. The lowest BCUT2D eigenvalue weighted by Gasteiger charge is -2.13. The summed E-state index contributed by atoms with van der Waals surface area (Å²) >= 11 is 3.06. The van der Waals surface area contributed by atoms with Gasteiger partial charge in [0.25, 0.3) is 0 Å². The summed E-state index contributed by atoms with van der Waals surface area (Å²) in [5.41, 5.74) is 4.91. The second-order valence-electron chi connectivity index (χ2n) is 3.72. The zero-order chi connectivity index (χ0) is 12.3. The van der Waals surface area contributed by atoms with Gasteiger partial charge in [0.2, 0.25) is 0 Å². The molecule has 0 aromatic carbocycles. The highest BCUT2D eigenvalue weighted by molar-refractivity contribution is 7.09. The van der Waals surface area contributed by atoms with E-state index in [1.54, 1.807) is 11.3 Å². The van der Waals surface area contributed by atoms with E-state index in [2.05, 4.69) is 32.3 Å². The van der Waals surface area contributed by atoms with Gasteiger partial charge in [-0.3, -0.25) is 11.3 Å². The third-order valence-corrected chi connectivity index (χ3v) is 4.22. The first kappa shape index (κ1) is 12.6. The van der Waals surface area contributed by atoms with Gasteiger partial charge >= 0.3 is 0 Å². The van der Waals surface area contributed by atoms with Crippen molar-refractivity contribution in [3.05, 3.63) is 26.7 Å². The molecule has 0 bridgehead atoms. The molecule has 0 fully saturated rings. The summed E-state index contributed by atoms with van der Waals surface area (Å²) < 4.78 is 3.99. The SMILES string of the molecule is CCc1nnsc1C(Cc1csc(C)n1)NN. The van der Waals surface area contributed by atoms with Crippen molar-refractivity contribution in [1.29, 1.82) is 0 Å². The molecule has 0 amide bonds. The summed E-state index contributed by atoms with van der Waals surface area (Å²) in [6, 6.07) is 0.0476. The van der Waals surface area contributed by atoms with Crippen LogP contribution in [-0.4, -0.2) is 14.6 Å². The second-order valence-corrected chi connectivity index (χ2v) is 5.57. The summed E-state index contributed by atoms with van der Waals surface area (Å²) in [6.45, 7) is 4.07. The fourth-order valence-corrected chi connectivity index (χ4v) is 3.09. The van der Waals surface area contributed by atoms with Crippen LogP contribution in [-0.2, 0) is 12.8 Å². The van der Waals surface area contributed by atoms with Gasteiger partial charge in [-0.1, -0.05) is 11.4 Å². The molecule has 1 unspecified atom stereocenters. The number of rotatable bonds is 5. The van der Waals surface area contributed by atoms with Crippen molar-refractivity contribution in [2.45, 2.75) is 32.7 Å². The minimum atomic E-state index is 0.0476. The van der Waals surface area contributed by atoms with Crippen LogP contribution in [0.3, 0.4) is 0 Å².